The van der Waals surface area contributed by atoms with Gasteiger partial charge in [-0.05, 0) is 37.3 Å². The Labute approximate surface area is 161 Å². The zero-order chi connectivity index (χ0) is 19.4. The van der Waals surface area contributed by atoms with Crippen LogP contribution in [-0.2, 0) is 9.59 Å². The minimum absolute atomic E-state index is 0.00391. The van der Waals surface area contributed by atoms with Crippen LogP contribution in [0.4, 0.5) is 5.69 Å². The lowest BCUT2D eigenvalue weighted by atomic mass is 10.0. The van der Waals surface area contributed by atoms with Crippen LogP contribution in [0.25, 0.3) is 0 Å². The molecular formula is C21H31N3O3. The van der Waals surface area contributed by atoms with Gasteiger partial charge < -0.3 is 19.9 Å². The Balaban J connectivity index is 1.56. The first kappa shape index (κ1) is 19.5. The molecule has 1 aliphatic carbocycles. The SMILES string of the molecule is COc1ccccc1N1CCN(C(=O)C2(C(=O)NCCC(C)C)CC2)CC1. The van der Waals surface area contributed by atoms with Crippen LogP contribution in [-0.4, -0.2) is 56.5 Å². The molecule has 2 aliphatic rings. The number of anilines is 1. The highest BCUT2D eigenvalue weighted by molar-refractivity contribution is 6.07. The molecule has 2 amide bonds. The molecule has 0 radical (unpaired) electrons. The van der Waals surface area contributed by atoms with E-state index >= 15 is 0 Å². The predicted octanol–water partition coefficient (Wildman–Crippen LogP) is 2.29. The topological polar surface area (TPSA) is 61.9 Å². The van der Waals surface area contributed by atoms with Crippen molar-refractivity contribution in [1.29, 1.82) is 0 Å². The van der Waals surface area contributed by atoms with E-state index in [2.05, 4.69) is 24.1 Å². The molecule has 148 valence electrons. The van der Waals surface area contributed by atoms with Crippen LogP contribution < -0.4 is 15.0 Å². The standard InChI is InChI=1S/C21H31N3O3/c1-16(2)8-11-22-19(25)21(9-10-21)20(26)24-14-12-23(13-15-24)17-6-4-5-7-18(17)27-3/h4-7,16H,8-15H2,1-3H3,(H,22,25). The zero-order valence-electron chi connectivity index (χ0n) is 16.7. The van der Waals surface area contributed by atoms with Crippen molar-refractivity contribution in [2.45, 2.75) is 33.1 Å². The maximum Gasteiger partial charge on any atom is 0.238 e. The fourth-order valence-electron chi connectivity index (χ4n) is 3.65. The quantitative estimate of drug-likeness (QED) is 0.745. The molecule has 1 saturated carbocycles. The summed E-state index contributed by atoms with van der Waals surface area (Å²) in [6.45, 7) is 7.67. The van der Waals surface area contributed by atoms with E-state index in [0.29, 0.717) is 38.4 Å². The van der Waals surface area contributed by atoms with Crippen LogP contribution in [0.3, 0.4) is 0 Å². The van der Waals surface area contributed by atoms with Gasteiger partial charge in [0.25, 0.3) is 0 Å². The molecule has 6 nitrogen and oxygen atoms in total. The van der Waals surface area contributed by atoms with Gasteiger partial charge in [0.15, 0.2) is 0 Å². The molecule has 0 spiro atoms. The summed E-state index contributed by atoms with van der Waals surface area (Å²) in [5, 5.41) is 2.97. The Morgan fingerprint density at radius 3 is 2.41 bits per heavy atom. The number of nitrogens with one attached hydrogen (secondary N) is 1. The molecule has 6 heteroatoms. The van der Waals surface area contributed by atoms with E-state index in [1.165, 1.54) is 0 Å². The summed E-state index contributed by atoms with van der Waals surface area (Å²) in [6, 6.07) is 7.95. The third-order valence-corrected chi connectivity index (χ3v) is 5.59. The number of nitrogens with zero attached hydrogens (tertiary/aromatic N) is 2. The van der Waals surface area contributed by atoms with Crippen LogP contribution in [0.1, 0.15) is 33.1 Å². The number of hydrogen-bond acceptors (Lipinski definition) is 4. The monoisotopic (exact) mass is 373 g/mol. The normalized spacial score (nSPS) is 18.4. The summed E-state index contributed by atoms with van der Waals surface area (Å²) in [5.41, 5.74) is 0.253. The summed E-state index contributed by atoms with van der Waals surface area (Å²) in [4.78, 5) is 29.7. The van der Waals surface area contributed by atoms with Gasteiger partial charge in [-0.1, -0.05) is 26.0 Å². The first-order valence-electron chi connectivity index (χ1n) is 9.93. The molecule has 3 rings (SSSR count). The number of hydrogen-bond donors (Lipinski definition) is 1. The van der Waals surface area contributed by atoms with Crippen LogP contribution in [0, 0.1) is 11.3 Å². The number of carbonyl (C=O) groups is 2. The average Bonchev–Trinajstić information content (AvgIpc) is 3.49. The van der Waals surface area contributed by atoms with Crippen molar-refractivity contribution in [1.82, 2.24) is 10.2 Å². The summed E-state index contributed by atoms with van der Waals surface area (Å²) in [5.74, 6) is 1.31. The molecule has 1 N–H and O–H groups in total. The van der Waals surface area contributed by atoms with Crippen molar-refractivity contribution in [2.75, 3.05) is 44.7 Å². The molecular weight excluding hydrogens is 342 g/mol. The largest absolute Gasteiger partial charge is 0.495 e. The molecule has 0 unspecified atom stereocenters. The highest BCUT2D eigenvalue weighted by atomic mass is 16.5. The Bertz CT molecular complexity index is 677. The van der Waals surface area contributed by atoms with Crippen molar-refractivity contribution in [3.05, 3.63) is 24.3 Å². The fourth-order valence-corrected chi connectivity index (χ4v) is 3.65. The van der Waals surface area contributed by atoms with E-state index in [4.69, 9.17) is 4.74 Å². The lowest BCUT2D eigenvalue weighted by Crippen LogP contribution is -2.53. The van der Waals surface area contributed by atoms with Crippen molar-refractivity contribution in [3.63, 3.8) is 0 Å². The van der Waals surface area contributed by atoms with E-state index < -0.39 is 5.41 Å². The van der Waals surface area contributed by atoms with E-state index in [1.54, 1.807) is 7.11 Å². The third kappa shape index (κ3) is 4.20. The molecule has 1 saturated heterocycles. The predicted molar refractivity (Wildman–Crippen MR) is 106 cm³/mol. The van der Waals surface area contributed by atoms with Gasteiger partial charge >= 0.3 is 0 Å². The molecule has 1 heterocycles. The summed E-state index contributed by atoms with van der Waals surface area (Å²) in [6.07, 6.45) is 2.28. The second kappa shape index (κ2) is 8.19. The molecule has 0 aromatic heterocycles. The van der Waals surface area contributed by atoms with E-state index in [1.807, 2.05) is 29.2 Å². The minimum Gasteiger partial charge on any atom is -0.495 e. The minimum atomic E-state index is -0.802. The first-order chi connectivity index (χ1) is 13.0. The number of methoxy groups -OCH3 is 1. The van der Waals surface area contributed by atoms with Crippen LogP contribution in [0.2, 0.25) is 0 Å². The first-order valence-corrected chi connectivity index (χ1v) is 9.93. The van der Waals surface area contributed by atoms with Gasteiger partial charge in [0.1, 0.15) is 11.2 Å². The fraction of sp³-hybridized carbons (Fsp3) is 0.619. The summed E-state index contributed by atoms with van der Waals surface area (Å²) < 4.78 is 5.45. The van der Waals surface area contributed by atoms with Gasteiger partial charge in [0.05, 0.1) is 12.8 Å². The summed E-state index contributed by atoms with van der Waals surface area (Å²) >= 11 is 0. The maximum atomic E-state index is 13.0. The van der Waals surface area contributed by atoms with Crippen molar-refractivity contribution in [2.24, 2.45) is 11.3 Å². The van der Waals surface area contributed by atoms with E-state index in [-0.39, 0.29) is 11.8 Å². The van der Waals surface area contributed by atoms with Gasteiger partial charge in [0, 0.05) is 32.7 Å². The van der Waals surface area contributed by atoms with E-state index in [0.717, 1.165) is 30.9 Å². The second-order valence-electron chi connectivity index (χ2n) is 7.97. The highest BCUT2D eigenvalue weighted by Gasteiger charge is 2.58. The molecule has 2 fully saturated rings. The number of benzene rings is 1. The lowest BCUT2D eigenvalue weighted by Gasteiger charge is -2.38. The Morgan fingerprint density at radius 1 is 1.15 bits per heavy atom. The number of piperazine rings is 1. The Morgan fingerprint density at radius 2 is 1.81 bits per heavy atom. The number of para-hydroxylation sites is 2. The Kier molecular flexibility index (Phi) is 5.92. The van der Waals surface area contributed by atoms with Gasteiger partial charge in [-0.25, -0.2) is 0 Å². The number of rotatable bonds is 7. The van der Waals surface area contributed by atoms with Crippen molar-refractivity contribution < 1.29 is 14.3 Å². The van der Waals surface area contributed by atoms with Gasteiger partial charge in [-0.3, -0.25) is 9.59 Å². The van der Waals surface area contributed by atoms with Gasteiger partial charge in [-0.2, -0.15) is 0 Å². The molecule has 1 aromatic carbocycles. The third-order valence-electron chi connectivity index (χ3n) is 5.59. The number of carbonyl (C=O) groups excluding carboxylic acids is 2. The van der Waals surface area contributed by atoms with Crippen molar-refractivity contribution in [3.8, 4) is 5.75 Å². The molecule has 1 aliphatic heterocycles. The number of ether oxygens (including phenoxy) is 1. The zero-order valence-corrected chi connectivity index (χ0v) is 16.7. The van der Waals surface area contributed by atoms with Crippen LogP contribution in [0.5, 0.6) is 5.75 Å². The smallest absolute Gasteiger partial charge is 0.238 e. The van der Waals surface area contributed by atoms with Crippen molar-refractivity contribution >= 4 is 17.5 Å². The van der Waals surface area contributed by atoms with E-state index in [9.17, 15) is 9.59 Å². The second-order valence-corrected chi connectivity index (χ2v) is 7.97. The van der Waals surface area contributed by atoms with Gasteiger partial charge in [0.2, 0.25) is 11.8 Å². The maximum absolute atomic E-state index is 13.0. The molecule has 0 atom stereocenters. The Hall–Kier alpha value is -2.24. The summed E-state index contributed by atoms with van der Waals surface area (Å²) in [7, 11) is 1.67. The number of amides is 2. The molecule has 0 bridgehead atoms. The van der Waals surface area contributed by atoms with Gasteiger partial charge in [-0.15, -0.1) is 0 Å². The van der Waals surface area contributed by atoms with Crippen LogP contribution in [0.15, 0.2) is 24.3 Å². The lowest BCUT2D eigenvalue weighted by molar-refractivity contribution is -0.144. The van der Waals surface area contributed by atoms with Crippen LogP contribution >= 0.6 is 0 Å². The highest BCUT2D eigenvalue weighted by Crippen LogP contribution is 2.47. The average molecular weight is 373 g/mol. The molecule has 27 heavy (non-hydrogen) atoms. The molecule has 1 aromatic rings.